The molecule has 0 spiro atoms. The van der Waals surface area contributed by atoms with E-state index in [1.54, 1.807) is 6.07 Å². The molecule has 150 valence electrons. The number of piperidine rings is 1. The molecule has 2 aliphatic heterocycles. The highest BCUT2D eigenvalue weighted by Gasteiger charge is 2.25. The molecule has 1 aromatic heterocycles. The molecular weight excluding hydrogens is 354 g/mol. The average Bonchev–Trinajstić information content (AvgIpc) is 3.17. The lowest BCUT2D eigenvalue weighted by molar-refractivity contribution is 0.0339. The number of carbonyl (C=O) groups excluding carboxylic acids is 1. The van der Waals surface area contributed by atoms with Gasteiger partial charge in [0.2, 0.25) is 5.91 Å². The predicted octanol–water partition coefficient (Wildman–Crippen LogP) is 1.72. The van der Waals surface area contributed by atoms with Crippen LogP contribution in [0.4, 0.5) is 0 Å². The zero-order valence-electron chi connectivity index (χ0n) is 16.3. The summed E-state index contributed by atoms with van der Waals surface area (Å²) in [6, 6.07) is 7.65. The Hall–Kier alpha value is -2.22. The first kappa shape index (κ1) is 19.1. The van der Waals surface area contributed by atoms with Crippen molar-refractivity contribution in [2.45, 2.75) is 31.8 Å². The quantitative estimate of drug-likeness (QED) is 0.793. The Bertz CT molecular complexity index is 800. The number of rotatable bonds is 6. The van der Waals surface area contributed by atoms with Crippen molar-refractivity contribution in [3.05, 3.63) is 52.8 Å². The number of nitrogens with zero attached hydrogens (tertiary/aromatic N) is 3. The molecule has 1 unspecified atom stereocenters. The summed E-state index contributed by atoms with van der Waals surface area (Å²) in [4.78, 5) is 16.3. The second-order valence-corrected chi connectivity index (χ2v) is 7.84. The third-order valence-electron chi connectivity index (χ3n) is 5.78. The van der Waals surface area contributed by atoms with Gasteiger partial charge in [-0.25, -0.2) is 0 Å². The first-order valence-corrected chi connectivity index (χ1v) is 10.1. The second kappa shape index (κ2) is 8.86. The molecule has 0 radical (unpaired) electrons. The van der Waals surface area contributed by atoms with Crippen LogP contribution in [0.5, 0.6) is 0 Å². The highest BCUT2D eigenvalue weighted by Crippen LogP contribution is 2.29. The van der Waals surface area contributed by atoms with Gasteiger partial charge >= 0.3 is 0 Å². The molecular formula is C21H29N5O2. The molecule has 3 N–H and O–H groups in total. The predicted molar refractivity (Wildman–Crippen MR) is 107 cm³/mol. The number of nitrogens with one attached hydrogen (secondary N) is 1. The minimum absolute atomic E-state index is 0.372. The highest BCUT2D eigenvalue weighted by molar-refractivity contribution is 5.92. The number of primary amides is 1. The maximum absolute atomic E-state index is 11.4. The van der Waals surface area contributed by atoms with Crippen molar-refractivity contribution in [2.75, 3.05) is 39.4 Å². The molecule has 7 heteroatoms. The molecule has 1 amide bonds. The number of ether oxygens (including phenoxy) is 1. The molecule has 1 atom stereocenters. The lowest BCUT2D eigenvalue weighted by atomic mass is 9.92. The van der Waals surface area contributed by atoms with Crippen LogP contribution in [-0.4, -0.2) is 65.3 Å². The molecule has 1 aromatic carbocycles. The third kappa shape index (κ3) is 4.60. The van der Waals surface area contributed by atoms with E-state index in [1.165, 1.54) is 17.7 Å². The molecule has 2 fully saturated rings. The van der Waals surface area contributed by atoms with Gasteiger partial charge in [-0.15, -0.1) is 0 Å². The number of benzene rings is 1. The number of hydrogen-bond donors (Lipinski definition) is 2. The van der Waals surface area contributed by atoms with Gasteiger partial charge in [-0.05, 0) is 37.1 Å². The fourth-order valence-electron chi connectivity index (χ4n) is 4.32. The lowest BCUT2D eigenvalue weighted by Crippen LogP contribution is -2.37. The van der Waals surface area contributed by atoms with Gasteiger partial charge in [0, 0.05) is 55.5 Å². The first-order valence-electron chi connectivity index (χ1n) is 10.1. The first-order chi connectivity index (χ1) is 13.7. The maximum atomic E-state index is 11.4. The molecule has 7 nitrogen and oxygen atoms in total. The molecule has 28 heavy (non-hydrogen) atoms. The zero-order chi connectivity index (χ0) is 19.3. The van der Waals surface area contributed by atoms with Crippen LogP contribution in [0.3, 0.4) is 0 Å². The number of likely N-dealkylation sites (tertiary alicyclic amines) is 1. The number of carbonyl (C=O) groups is 1. The Morgan fingerprint density at radius 2 is 2.07 bits per heavy atom. The normalized spacial score (nSPS) is 21.6. The summed E-state index contributed by atoms with van der Waals surface area (Å²) < 4.78 is 5.46. The van der Waals surface area contributed by atoms with Gasteiger partial charge < -0.3 is 10.5 Å². The molecule has 4 rings (SSSR count). The zero-order valence-corrected chi connectivity index (χ0v) is 16.3. The van der Waals surface area contributed by atoms with Crippen molar-refractivity contribution >= 4 is 5.91 Å². The van der Waals surface area contributed by atoms with Gasteiger partial charge in [0.05, 0.1) is 19.4 Å². The van der Waals surface area contributed by atoms with Crippen LogP contribution in [0.1, 0.15) is 45.9 Å². The van der Waals surface area contributed by atoms with Crippen LogP contribution in [0.15, 0.2) is 30.5 Å². The number of aromatic amines is 1. The molecule has 0 bridgehead atoms. The summed E-state index contributed by atoms with van der Waals surface area (Å²) in [6.45, 7) is 7.44. The molecule has 2 aromatic rings. The van der Waals surface area contributed by atoms with Crippen molar-refractivity contribution in [3.63, 3.8) is 0 Å². The van der Waals surface area contributed by atoms with Crippen molar-refractivity contribution < 1.29 is 9.53 Å². The van der Waals surface area contributed by atoms with Crippen LogP contribution in [-0.2, 0) is 17.8 Å². The smallest absolute Gasteiger partial charge is 0.248 e. The Kier molecular flexibility index (Phi) is 6.04. The molecule has 2 saturated heterocycles. The van der Waals surface area contributed by atoms with Crippen LogP contribution >= 0.6 is 0 Å². The fourth-order valence-corrected chi connectivity index (χ4v) is 4.32. The monoisotopic (exact) mass is 383 g/mol. The maximum Gasteiger partial charge on any atom is 0.248 e. The van der Waals surface area contributed by atoms with Gasteiger partial charge in [-0.2, -0.15) is 5.10 Å². The van der Waals surface area contributed by atoms with E-state index in [0.717, 1.165) is 64.5 Å². The Labute approximate surface area is 165 Å². The topological polar surface area (TPSA) is 87.5 Å². The number of morpholine rings is 1. The molecule has 2 aliphatic rings. The minimum Gasteiger partial charge on any atom is -0.379 e. The van der Waals surface area contributed by atoms with E-state index >= 15 is 0 Å². The number of amides is 1. The van der Waals surface area contributed by atoms with E-state index in [9.17, 15) is 4.79 Å². The summed E-state index contributed by atoms with van der Waals surface area (Å²) in [5.41, 5.74) is 9.72. The summed E-state index contributed by atoms with van der Waals surface area (Å²) in [5.74, 6) is 0.0928. The van der Waals surface area contributed by atoms with Crippen LogP contribution in [0, 0.1) is 0 Å². The summed E-state index contributed by atoms with van der Waals surface area (Å²) >= 11 is 0. The number of H-pyrrole nitrogens is 1. The second-order valence-electron chi connectivity index (χ2n) is 7.84. The van der Waals surface area contributed by atoms with Gasteiger partial charge in [-0.1, -0.05) is 12.1 Å². The Morgan fingerprint density at radius 1 is 1.21 bits per heavy atom. The number of hydrogen-bond acceptors (Lipinski definition) is 5. The van der Waals surface area contributed by atoms with E-state index in [0.29, 0.717) is 11.5 Å². The van der Waals surface area contributed by atoms with Crippen molar-refractivity contribution in [3.8, 4) is 0 Å². The largest absolute Gasteiger partial charge is 0.379 e. The Balaban J connectivity index is 1.41. The standard InChI is InChI=1S/C21H29N5O2/c22-21(27)17-4-1-3-16(11-17)13-26-6-2-5-18(14-26)20-19(12-23-24-20)15-25-7-9-28-10-8-25/h1,3-4,11-12,18H,2,5-10,13-15H2,(H2,22,27)(H,23,24). The van der Waals surface area contributed by atoms with Gasteiger partial charge in [0.15, 0.2) is 0 Å². The van der Waals surface area contributed by atoms with Crippen molar-refractivity contribution in [1.29, 1.82) is 0 Å². The van der Waals surface area contributed by atoms with Crippen molar-refractivity contribution in [2.24, 2.45) is 5.73 Å². The highest BCUT2D eigenvalue weighted by atomic mass is 16.5. The van der Waals surface area contributed by atoms with E-state index in [-0.39, 0.29) is 5.91 Å². The molecule has 0 saturated carbocycles. The van der Waals surface area contributed by atoms with Gasteiger partial charge in [0.25, 0.3) is 0 Å². The van der Waals surface area contributed by atoms with Crippen LogP contribution < -0.4 is 5.73 Å². The fraction of sp³-hybridized carbons (Fsp3) is 0.524. The van der Waals surface area contributed by atoms with Crippen molar-refractivity contribution in [1.82, 2.24) is 20.0 Å². The van der Waals surface area contributed by atoms with Gasteiger partial charge in [-0.3, -0.25) is 19.7 Å². The van der Waals surface area contributed by atoms with Gasteiger partial charge in [0.1, 0.15) is 0 Å². The molecule has 0 aliphatic carbocycles. The summed E-state index contributed by atoms with van der Waals surface area (Å²) in [6.07, 6.45) is 4.33. The van der Waals surface area contributed by atoms with E-state index in [1.807, 2.05) is 18.3 Å². The molecule has 3 heterocycles. The number of nitrogens with two attached hydrogens (primary N) is 1. The SMILES string of the molecule is NC(=O)c1cccc(CN2CCCC(c3[nH]ncc3CN3CCOCC3)C2)c1. The van der Waals surface area contributed by atoms with Crippen LogP contribution in [0.2, 0.25) is 0 Å². The summed E-state index contributed by atoms with van der Waals surface area (Å²) in [5, 5.41) is 7.63. The van der Waals surface area contributed by atoms with E-state index in [2.05, 4.69) is 26.1 Å². The number of aromatic nitrogens is 2. The lowest BCUT2D eigenvalue weighted by Gasteiger charge is -2.33. The third-order valence-corrected chi connectivity index (χ3v) is 5.78. The van der Waals surface area contributed by atoms with E-state index in [4.69, 9.17) is 10.5 Å². The summed E-state index contributed by atoms with van der Waals surface area (Å²) in [7, 11) is 0. The Morgan fingerprint density at radius 3 is 2.89 bits per heavy atom. The average molecular weight is 383 g/mol. The minimum atomic E-state index is -0.372. The van der Waals surface area contributed by atoms with E-state index < -0.39 is 0 Å². The van der Waals surface area contributed by atoms with Crippen LogP contribution in [0.25, 0.3) is 0 Å².